The summed E-state index contributed by atoms with van der Waals surface area (Å²) in [5.41, 5.74) is 1.26. The van der Waals surface area contributed by atoms with E-state index in [1.807, 2.05) is 6.07 Å². The zero-order valence-electron chi connectivity index (χ0n) is 12.4. The monoisotopic (exact) mass is 274 g/mol. The van der Waals surface area contributed by atoms with Crippen LogP contribution in [0.4, 0.5) is 0 Å². The molecular formula is C17H26N2O. The Balaban J connectivity index is 1.81. The molecule has 110 valence electrons. The number of hydrogen-bond acceptors (Lipinski definition) is 3. The van der Waals surface area contributed by atoms with E-state index < -0.39 is 0 Å². The quantitative estimate of drug-likeness (QED) is 0.788. The lowest BCUT2D eigenvalue weighted by atomic mass is 10.2. The molecule has 0 amide bonds. The molecule has 0 saturated carbocycles. The average molecular weight is 274 g/mol. The minimum Gasteiger partial charge on any atom is -0.383 e. The lowest BCUT2D eigenvalue weighted by molar-refractivity contribution is 0.149. The minimum atomic E-state index is 0.650. The molecule has 1 aromatic carbocycles. The van der Waals surface area contributed by atoms with Gasteiger partial charge in [0.05, 0.1) is 6.61 Å². The molecule has 1 aliphatic heterocycles. The second-order valence-corrected chi connectivity index (χ2v) is 5.36. The SMILES string of the molecule is COCCN(C/C=C/c1ccccc1)CC1CCCN1. The van der Waals surface area contributed by atoms with Crippen LogP contribution in [0.25, 0.3) is 6.08 Å². The van der Waals surface area contributed by atoms with Gasteiger partial charge in [0.15, 0.2) is 0 Å². The summed E-state index contributed by atoms with van der Waals surface area (Å²) in [6, 6.07) is 11.1. The second-order valence-electron chi connectivity index (χ2n) is 5.36. The third-order valence-electron chi connectivity index (χ3n) is 3.73. The van der Waals surface area contributed by atoms with E-state index in [1.165, 1.54) is 24.9 Å². The van der Waals surface area contributed by atoms with Crippen LogP contribution in [0.5, 0.6) is 0 Å². The largest absolute Gasteiger partial charge is 0.383 e. The van der Waals surface area contributed by atoms with E-state index in [0.29, 0.717) is 6.04 Å². The van der Waals surface area contributed by atoms with Gasteiger partial charge in [-0.1, -0.05) is 42.5 Å². The summed E-state index contributed by atoms with van der Waals surface area (Å²) < 4.78 is 5.22. The molecule has 2 rings (SSSR count). The molecule has 1 aliphatic rings. The number of nitrogens with one attached hydrogen (secondary N) is 1. The Hall–Kier alpha value is -1.16. The van der Waals surface area contributed by atoms with Gasteiger partial charge in [-0.2, -0.15) is 0 Å². The lowest BCUT2D eigenvalue weighted by Crippen LogP contribution is -2.39. The lowest BCUT2D eigenvalue weighted by Gasteiger charge is -2.24. The van der Waals surface area contributed by atoms with Crippen LogP contribution in [0.15, 0.2) is 36.4 Å². The van der Waals surface area contributed by atoms with Crippen LogP contribution in [0.2, 0.25) is 0 Å². The summed E-state index contributed by atoms with van der Waals surface area (Å²) in [4.78, 5) is 2.46. The van der Waals surface area contributed by atoms with Gasteiger partial charge in [-0.3, -0.25) is 4.90 Å². The molecule has 1 unspecified atom stereocenters. The molecule has 0 aromatic heterocycles. The van der Waals surface area contributed by atoms with Crippen molar-refractivity contribution in [1.29, 1.82) is 0 Å². The Morgan fingerprint density at radius 3 is 2.90 bits per heavy atom. The highest BCUT2D eigenvalue weighted by Crippen LogP contribution is 2.07. The van der Waals surface area contributed by atoms with Crippen molar-refractivity contribution in [2.75, 3.05) is 39.9 Å². The second kappa shape index (κ2) is 8.90. The molecule has 0 bridgehead atoms. The van der Waals surface area contributed by atoms with Crippen molar-refractivity contribution < 1.29 is 4.74 Å². The van der Waals surface area contributed by atoms with Crippen molar-refractivity contribution in [2.24, 2.45) is 0 Å². The van der Waals surface area contributed by atoms with Crippen LogP contribution in [0.3, 0.4) is 0 Å². The Bertz CT molecular complexity index is 385. The minimum absolute atomic E-state index is 0.650. The highest BCUT2D eigenvalue weighted by molar-refractivity contribution is 5.48. The van der Waals surface area contributed by atoms with E-state index in [1.54, 1.807) is 7.11 Å². The first-order valence-corrected chi connectivity index (χ1v) is 7.55. The molecule has 20 heavy (non-hydrogen) atoms. The van der Waals surface area contributed by atoms with Crippen molar-refractivity contribution in [3.63, 3.8) is 0 Å². The normalized spacial score (nSPS) is 19.2. The van der Waals surface area contributed by atoms with Gasteiger partial charge >= 0.3 is 0 Å². The smallest absolute Gasteiger partial charge is 0.0589 e. The summed E-state index contributed by atoms with van der Waals surface area (Å²) in [5, 5.41) is 3.57. The number of rotatable bonds is 8. The van der Waals surface area contributed by atoms with E-state index >= 15 is 0 Å². The highest BCUT2D eigenvalue weighted by atomic mass is 16.5. The molecule has 0 spiro atoms. The third kappa shape index (κ3) is 5.45. The van der Waals surface area contributed by atoms with E-state index in [0.717, 1.165) is 26.2 Å². The topological polar surface area (TPSA) is 24.5 Å². The number of benzene rings is 1. The van der Waals surface area contributed by atoms with Gasteiger partial charge in [0.1, 0.15) is 0 Å². The summed E-state index contributed by atoms with van der Waals surface area (Å²) in [5.74, 6) is 0. The number of hydrogen-bond donors (Lipinski definition) is 1. The van der Waals surface area contributed by atoms with Gasteiger partial charge in [0, 0.05) is 32.8 Å². The average Bonchev–Trinajstić information content (AvgIpc) is 2.98. The van der Waals surface area contributed by atoms with Gasteiger partial charge in [0.25, 0.3) is 0 Å². The Morgan fingerprint density at radius 2 is 2.20 bits per heavy atom. The van der Waals surface area contributed by atoms with Crippen molar-refractivity contribution in [2.45, 2.75) is 18.9 Å². The molecule has 1 heterocycles. The fraction of sp³-hybridized carbons (Fsp3) is 0.529. The first-order chi connectivity index (χ1) is 9.88. The van der Waals surface area contributed by atoms with Crippen LogP contribution in [0.1, 0.15) is 18.4 Å². The molecule has 1 atom stereocenters. The van der Waals surface area contributed by atoms with Crippen LogP contribution < -0.4 is 5.32 Å². The van der Waals surface area contributed by atoms with Crippen LogP contribution in [-0.4, -0.2) is 50.8 Å². The first-order valence-electron chi connectivity index (χ1n) is 7.55. The van der Waals surface area contributed by atoms with Crippen LogP contribution in [-0.2, 0) is 4.74 Å². The van der Waals surface area contributed by atoms with Crippen molar-refractivity contribution in [3.8, 4) is 0 Å². The Labute approximate surface area is 122 Å². The van der Waals surface area contributed by atoms with E-state index in [4.69, 9.17) is 4.74 Å². The molecule has 1 aromatic rings. The molecular weight excluding hydrogens is 248 g/mol. The van der Waals surface area contributed by atoms with E-state index in [9.17, 15) is 0 Å². The zero-order valence-corrected chi connectivity index (χ0v) is 12.4. The van der Waals surface area contributed by atoms with Gasteiger partial charge in [0.2, 0.25) is 0 Å². The molecule has 1 N–H and O–H groups in total. The maximum atomic E-state index is 5.22. The highest BCUT2D eigenvalue weighted by Gasteiger charge is 2.16. The van der Waals surface area contributed by atoms with Gasteiger partial charge in [-0.15, -0.1) is 0 Å². The van der Waals surface area contributed by atoms with Crippen LogP contribution >= 0.6 is 0 Å². The Kier molecular flexibility index (Phi) is 6.78. The summed E-state index contributed by atoms with van der Waals surface area (Å²) in [7, 11) is 1.77. The Morgan fingerprint density at radius 1 is 1.35 bits per heavy atom. The first kappa shape index (κ1) is 15.2. The van der Waals surface area contributed by atoms with Gasteiger partial charge < -0.3 is 10.1 Å². The van der Waals surface area contributed by atoms with Crippen molar-refractivity contribution in [3.05, 3.63) is 42.0 Å². The number of ether oxygens (including phenoxy) is 1. The van der Waals surface area contributed by atoms with Gasteiger partial charge in [-0.25, -0.2) is 0 Å². The standard InChI is InChI=1S/C17H26N2O/c1-20-14-13-19(15-17-10-5-11-18-17)12-6-9-16-7-3-2-4-8-16/h2-4,6-9,17-18H,5,10-15H2,1H3/b9-6+. The van der Waals surface area contributed by atoms with E-state index in [-0.39, 0.29) is 0 Å². The fourth-order valence-electron chi connectivity index (χ4n) is 2.60. The predicted molar refractivity (Wildman–Crippen MR) is 84.8 cm³/mol. The molecule has 3 nitrogen and oxygen atoms in total. The van der Waals surface area contributed by atoms with E-state index in [2.05, 4.69) is 46.6 Å². The molecule has 0 radical (unpaired) electrons. The summed E-state index contributed by atoms with van der Waals surface area (Å²) >= 11 is 0. The van der Waals surface area contributed by atoms with Crippen molar-refractivity contribution >= 4 is 6.08 Å². The van der Waals surface area contributed by atoms with Crippen molar-refractivity contribution in [1.82, 2.24) is 10.2 Å². The zero-order chi connectivity index (χ0) is 14.0. The molecule has 3 heteroatoms. The van der Waals surface area contributed by atoms with Gasteiger partial charge in [-0.05, 0) is 24.9 Å². The number of methoxy groups -OCH3 is 1. The fourth-order valence-corrected chi connectivity index (χ4v) is 2.60. The van der Waals surface area contributed by atoms with Crippen LogP contribution in [0, 0.1) is 0 Å². The maximum Gasteiger partial charge on any atom is 0.0589 e. The number of nitrogens with zero attached hydrogens (tertiary/aromatic N) is 1. The third-order valence-corrected chi connectivity index (χ3v) is 3.73. The predicted octanol–water partition coefficient (Wildman–Crippen LogP) is 2.40. The summed E-state index contributed by atoms with van der Waals surface area (Å²) in [6.07, 6.45) is 7.05. The molecule has 1 fully saturated rings. The maximum absolute atomic E-state index is 5.22. The molecule has 1 saturated heterocycles. The summed E-state index contributed by atoms with van der Waals surface area (Å²) in [6.45, 7) is 5.06. The molecule has 0 aliphatic carbocycles.